The predicted octanol–water partition coefficient (Wildman–Crippen LogP) is 6.12. The van der Waals surface area contributed by atoms with Crippen molar-refractivity contribution in [2.24, 2.45) is 0 Å². The van der Waals surface area contributed by atoms with Gasteiger partial charge in [0.1, 0.15) is 6.04 Å². The van der Waals surface area contributed by atoms with Gasteiger partial charge in [0.15, 0.2) is 5.11 Å². The van der Waals surface area contributed by atoms with E-state index in [2.05, 4.69) is 109 Å². The highest BCUT2D eigenvalue weighted by Gasteiger charge is 2.42. The van der Waals surface area contributed by atoms with E-state index < -0.39 is 0 Å². The first kappa shape index (κ1) is 20.0. The summed E-state index contributed by atoms with van der Waals surface area (Å²) in [5.41, 5.74) is 5.47. The molecule has 0 saturated carbocycles. The van der Waals surface area contributed by atoms with Crippen LogP contribution in [0.15, 0.2) is 95.7 Å². The quantitative estimate of drug-likeness (QED) is 0.350. The summed E-state index contributed by atoms with van der Waals surface area (Å²) in [6.07, 6.45) is 3.93. The van der Waals surface area contributed by atoms with Crippen LogP contribution < -0.4 is 10.2 Å². The van der Waals surface area contributed by atoms with Gasteiger partial charge >= 0.3 is 0 Å². The van der Waals surface area contributed by atoms with E-state index in [1.165, 1.54) is 5.56 Å². The SMILES string of the molecule is Cc1cccc(N2C(=S)N[C@H](c3ccccn3)[C@H]2c2cccn2-c2cccc(Br)c2)c1. The van der Waals surface area contributed by atoms with Gasteiger partial charge in [-0.05, 0) is 79.3 Å². The lowest BCUT2D eigenvalue weighted by Crippen LogP contribution is -2.30. The molecule has 1 fully saturated rings. The molecule has 6 heteroatoms. The summed E-state index contributed by atoms with van der Waals surface area (Å²) in [5.74, 6) is 0. The zero-order chi connectivity index (χ0) is 21.4. The van der Waals surface area contributed by atoms with Crippen molar-refractivity contribution < 1.29 is 0 Å². The second-order valence-electron chi connectivity index (χ2n) is 7.62. The van der Waals surface area contributed by atoms with Gasteiger partial charge in [-0.2, -0.15) is 0 Å². The van der Waals surface area contributed by atoms with Crippen molar-refractivity contribution in [1.29, 1.82) is 0 Å². The number of hydrogen-bond acceptors (Lipinski definition) is 2. The minimum absolute atomic E-state index is 0.0572. The fourth-order valence-corrected chi connectivity index (χ4v) is 4.94. The van der Waals surface area contributed by atoms with Crippen LogP contribution in [0.5, 0.6) is 0 Å². The number of benzene rings is 2. The highest BCUT2D eigenvalue weighted by Crippen LogP contribution is 2.42. The molecule has 1 N–H and O–H groups in total. The molecular formula is C25H21BrN4S. The first-order valence-electron chi connectivity index (χ1n) is 10.1. The van der Waals surface area contributed by atoms with Gasteiger partial charge in [-0.15, -0.1) is 0 Å². The fourth-order valence-electron chi connectivity index (χ4n) is 4.21. The van der Waals surface area contributed by atoms with Crippen LogP contribution in [0.3, 0.4) is 0 Å². The monoisotopic (exact) mass is 488 g/mol. The van der Waals surface area contributed by atoms with Crippen LogP contribution in [-0.2, 0) is 0 Å². The molecule has 2 atom stereocenters. The fraction of sp³-hybridized carbons (Fsp3) is 0.120. The Morgan fingerprint density at radius 2 is 1.77 bits per heavy atom. The van der Waals surface area contributed by atoms with E-state index >= 15 is 0 Å². The molecule has 1 saturated heterocycles. The average Bonchev–Trinajstić information content (AvgIpc) is 3.38. The topological polar surface area (TPSA) is 33.1 Å². The number of halogens is 1. The Balaban J connectivity index is 1.68. The summed E-state index contributed by atoms with van der Waals surface area (Å²) in [6, 6.07) is 26.9. The zero-order valence-electron chi connectivity index (χ0n) is 16.9. The molecular weight excluding hydrogens is 468 g/mol. The minimum Gasteiger partial charge on any atom is -0.351 e. The van der Waals surface area contributed by atoms with Crippen molar-refractivity contribution in [2.75, 3.05) is 4.90 Å². The van der Waals surface area contributed by atoms with Gasteiger partial charge in [-0.25, -0.2) is 0 Å². The van der Waals surface area contributed by atoms with Gasteiger partial charge in [0.25, 0.3) is 0 Å². The molecule has 0 amide bonds. The number of anilines is 1. The maximum Gasteiger partial charge on any atom is 0.174 e. The van der Waals surface area contributed by atoms with Gasteiger partial charge in [0.2, 0.25) is 0 Å². The molecule has 2 aromatic heterocycles. The number of nitrogens with one attached hydrogen (secondary N) is 1. The first-order chi connectivity index (χ1) is 15.1. The van der Waals surface area contributed by atoms with Gasteiger partial charge in [0.05, 0.1) is 11.7 Å². The van der Waals surface area contributed by atoms with Crippen molar-refractivity contribution in [3.63, 3.8) is 0 Å². The Hall–Kier alpha value is -2.96. The van der Waals surface area contributed by atoms with Gasteiger partial charge in [0, 0.05) is 33.9 Å². The first-order valence-corrected chi connectivity index (χ1v) is 11.3. The highest BCUT2D eigenvalue weighted by atomic mass is 79.9. The number of thiocarbonyl (C=S) groups is 1. The molecule has 1 aliphatic heterocycles. The molecule has 1 aliphatic rings. The van der Waals surface area contributed by atoms with Crippen LogP contribution in [0.1, 0.15) is 29.0 Å². The van der Waals surface area contributed by atoms with Crippen molar-refractivity contribution in [1.82, 2.24) is 14.9 Å². The molecule has 5 rings (SSSR count). The lowest BCUT2D eigenvalue weighted by Gasteiger charge is -2.29. The largest absolute Gasteiger partial charge is 0.351 e. The smallest absolute Gasteiger partial charge is 0.174 e. The zero-order valence-corrected chi connectivity index (χ0v) is 19.3. The van der Waals surface area contributed by atoms with Gasteiger partial charge in [-0.3, -0.25) is 4.98 Å². The summed E-state index contributed by atoms with van der Waals surface area (Å²) in [7, 11) is 0. The van der Waals surface area contributed by atoms with E-state index in [4.69, 9.17) is 12.2 Å². The molecule has 2 aromatic carbocycles. The summed E-state index contributed by atoms with van der Waals surface area (Å²) in [4.78, 5) is 6.87. The van der Waals surface area contributed by atoms with Crippen molar-refractivity contribution in [2.45, 2.75) is 19.0 Å². The Bertz CT molecular complexity index is 1240. The summed E-state index contributed by atoms with van der Waals surface area (Å²) >= 11 is 9.45. The molecule has 0 unspecified atom stereocenters. The lowest BCUT2D eigenvalue weighted by molar-refractivity contribution is 0.549. The lowest BCUT2D eigenvalue weighted by atomic mass is 10.0. The molecule has 0 radical (unpaired) electrons. The maximum absolute atomic E-state index is 5.84. The molecule has 31 heavy (non-hydrogen) atoms. The van der Waals surface area contributed by atoms with Crippen LogP contribution in [0, 0.1) is 6.92 Å². The van der Waals surface area contributed by atoms with Crippen LogP contribution in [0.2, 0.25) is 0 Å². The van der Waals surface area contributed by atoms with Crippen LogP contribution in [-0.4, -0.2) is 14.7 Å². The Labute approximate surface area is 195 Å². The molecule has 4 nitrogen and oxygen atoms in total. The molecule has 4 aromatic rings. The third-order valence-corrected chi connectivity index (χ3v) is 6.36. The van der Waals surface area contributed by atoms with E-state index in [1.54, 1.807) is 0 Å². The third kappa shape index (κ3) is 3.77. The van der Waals surface area contributed by atoms with Crippen molar-refractivity contribution in [3.8, 4) is 5.69 Å². The van der Waals surface area contributed by atoms with E-state index in [0.29, 0.717) is 5.11 Å². The summed E-state index contributed by atoms with van der Waals surface area (Å²) < 4.78 is 3.27. The van der Waals surface area contributed by atoms with E-state index in [-0.39, 0.29) is 12.1 Å². The second kappa shape index (κ2) is 8.29. The van der Waals surface area contributed by atoms with E-state index in [0.717, 1.165) is 27.2 Å². The molecule has 0 bridgehead atoms. The average molecular weight is 489 g/mol. The summed E-state index contributed by atoms with van der Waals surface area (Å²) in [6.45, 7) is 2.10. The van der Waals surface area contributed by atoms with Crippen LogP contribution in [0.25, 0.3) is 5.69 Å². The molecule has 154 valence electrons. The molecule has 3 heterocycles. The number of aromatic nitrogens is 2. The normalized spacial score (nSPS) is 18.3. The highest BCUT2D eigenvalue weighted by molar-refractivity contribution is 9.10. The van der Waals surface area contributed by atoms with Crippen LogP contribution in [0.4, 0.5) is 5.69 Å². The van der Waals surface area contributed by atoms with Gasteiger partial charge in [-0.1, -0.05) is 40.2 Å². The predicted molar refractivity (Wildman–Crippen MR) is 133 cm³/mol. The Morgan fingerprint density at radius 1 is 0.935 bits per heavy atom. The standard InChI is InChI=1S/C25H21BrN4S/c1-17-7-4-10-20(15-17)30-24(23(28-25(30)31)21-11-2-3-13-27-21)22-12-6-14-29(22)19-9-5-8-18(26)16-19/h2-16,23-24H,1H3,(H,28,31)/t23-,24-/m1/s1. The van der Waals surface area contributed by atoms with Crippen molar-refractivity contribution in [3.05, 3.63) is 113 Å². The third-order valence-electron chi connectivity index (χ3n) is 5.55. The maximum atomic E-state index is 5.84. The molecule has 0 spiro atoms. The second-order valence-corrected chi connectivity index (χ2v) is 8.92. The number of hydrogen-bond donors (Lipinski definition) is 1. The van der Waals surface area contributed by atoms with Crippen LogP contribution >= 0.6 is 28.1 Å². The van der Waals surface area contributed by atoms with E-state index in [9.17, 15) is 0 Å². The number of aryl methyl sites for hydroxylation is 1. The van der Waals surface area contributed by atoms with Crippen molar-refractivity contribution >= 4 is 38.9 Å². The number of nitrogens with zero attached hydrogens (tertiary/aromatic N) is 3. The number of rotatable bonds is 4. The summed E-state index contributed by atoms with van der Waals surface area (Å²) in [5, 5.41) is 4.24. The number of pyridine rings is 1. The van der Waals surface area contributed by atoms with E-state index in [1.807, 2.05) is 24.4 Å². The Kier molecular flexibility index (Phi) is 5.34. The Morgan fingerprint density at radius 3 is 2.55 bits per heavy atom. The minimum atomic E-state index is -0.0741. The van der Waals surface area contributed by atoms with Gasteiger partial charge < -0.3 is 14.8 Å². The molecule has 0 aliphatic carbocycles.